The van der Waals surface area contributed by atoms with Gasteiger partial charge in [-0.05, 0) is 107 Å². The SMILES string of the molecule is CCCOc1c2cccc1Cc1cc([N+](=O)[O-])cc(c1O)Cc1cccc(c1OCCC)Cc1cc(/C=C3/CC/C(=C\c4ccc(N(C)C)cc4)C3=O)cc(c1O)C2. The Kier molecular flexibility index (Phi) is 12.0. The van der Waals surface area contributed by atoms with E-state index in [1.54, 1.807) is 0 Å². The molecule has 9 heteroatoms. The fourth-order valence-corrected chi connectivity index (χ4v) is 7.94. The molecule has 58 heavy (non-hydrogen) atoms. The summed E-state index contributed by atoms with van der Waals surface area (Å²) in [6, 6.07) is 26.5. The zero-order chi connectivity index (χ0) is 40.9. The Morgan fingerprint density at radius 1 is 0.638 bits per heavy atom. The largest absolute Gasteiger partial charge is 0.507 e. The number of aromatic hydroxyl groups is 2. The lowest BCUT2D eigenvalue weighted by Gasteiger charge is -2.21. The minimum absolute atomic E-state index is 0.00128. The quantitative estimate of drug-likeness (QED) is 0.0801. The van der Waals surface area contributed by atoms with Crippen LogP contribution in [-0.2, 0) is 30.5 Å². The number of Topliss-reactive ketones (excluding diaryl/α,β-unsaturated/α-hetero) is 1. The second kappa shape index (κ2) is 17.4. The number of nitro benzene ring substituents is 1. The molecule has 5 aromatic rings. The van der Waals surface area contributed by atoms with Gasteiger partial charge in [0.15, 0.2) is 5.78 Å². The third-order valence-corrected chi connectivity index (χ3v) is 10.9. The highest BCUT2D eigenvalue weighted by Crippen LogP contribution is 2.40. The van der Waals surface area contributed by atoms with Gasteiger partial charge in [-0.25, -0.2) is 0 Å². The zero-order valence-corrected chi connectivity index (χ0v) is 33.6. The second-order valence-corrected chi connectivity index (χ2v) is 15.4. The summed E-state index contributed by atoms with van der Waals surface area (Å²) in [5.74, 6) is 1.42. The van der Waals surface area contributed by atoms with Gasteiger partial charge in [-0.3, -0.25) is 14.9 Å². The maximum absolute atomic E-state index is 13.8. The van der Waals surface area contributed by atoms with Crippen molar-refractivity contribution < 1.29 is 29.4 Å². The Hall–Kier alpha value is -6.35. The molecule has 8 bridgehead atoms. The van der Waals surface area contributed by atoms with E-state index in [4.69, 9.17) is 9.47 Å². The van der Waals surface area contributed by atoms with Crippen molar-refractivity contribution in [1.82, 2.24) is 0 Å². The molecule has 0 atom stereocenters. The van der Waals surface area contributed by atoms with Crippen LogP contribution in [0.4, 0.5) is 11.4 Å². The van der Waals surface area contributed by atoms with Gasteiger partial charge in [-0.1, -0.05) is 62.4 Å². The van der Waals surface area contributed by atoms with E-state index in [1.165, 1.54) is 12.1 Å². The van der Waals surface area contributed by atoms with Crippen LogP contribution in [-0.4, -0.2) is 48.2 Å². The van der Waals surface area contributed by atoms with Crippen LogP contribution in [0.3, 0.4) is 0 Å². The number of allylic oxidation sites excluding steroid dienone is 2. The summed E-state index contributed by atoms with van der Waals surface area (Å²) in [5, 5.41) is 36.0. The van der Waals surface area contributed by atoms with E-state index < -0.39 is 4.92 Å². The summed E-state index contributed by atoms with van der Waals surface area (Å²) in [6.07, 6.45) is 7.72. The van der Waals surface area contributed by atoms with Crippen LogP contribution < -0.4 is 14.4 Å². The maximum atomic E-state index is 13.8. The smallest absolute Gasteiger partial charge is 0.270 e. The van der Waals surface area contributed by atoms with E-state index in [9.17, 15) is 25.1 Å². The number of para-hydroxylation sites is 2. The first-order chi connectivity index (χ1) is 28.0. The molecule has 2 N–H and O–H groups in total. The summed E-state index contributed by atoms with van der Waals surface area (Å²) in [6.45, 7) is 4.92. The number of phenolic OH excluding ortho intramolecular Hbond substituents is 2. The van der Waals surface area contributed by atoms with Crippen LogP contribution in [0.2, 0.25) is 0 Å². The molecule has 7 rings (SSSR count). The van der Waals surface area contributed by atoms with Gasteiger partial charge in [-0.15, -0.1) is 0 Å². The third kappa shape index (κ3) is 8.64. The average Bonchev–Trinajstić information content (AvgIpc) is 3.54. The number of ketones is 1. The molecule has 0 saturated heterocycles. The lowest BCUT2D eigenvalue weighted by Crippen LogP contribution is -2.07. The number of non-ortho nitro benzene ring substituents is 1. The van der Waals surface area contributed by atoms with Gasteiger partial charge in [0.2, 0.25) is 0 Å². The molecule has 2 aliphatic rings. The highest BCUT2D eigenvalue weighted by molar-refractivity contribution is 6.15. The molecule has 5 aromatic carbocycles. The Balaban J connectivity index is 1.37. The van der Waals surface area contributed by atoms with Gasteiger partial charge in [0, 0.05) is 79.9 Å². The number of phenols is 2. The Labute approximate surface area is 340 Å². The van der Waals surface area contributed by atoms with Crippen molar-refractivity contribution in [2.45, 2.75) is 65.2 Å². The highest BCUT2D eigenvalue weighted by atomic mass is 16.6. The van der Waals surface area contributed by atoms with Crippen LogP contribution in [0, 0.1) is 10.1 Å². The number of hydrogen-bond acceptors (Lipinski definition) is 8. The van der Waals surface area contributed by atoms with E-state index in [-0.39, 0.29) is 35.8 Å². The number of ether oxygens (including phenoxy) is 2. The first kappa shape index (κ1) is 39.9. The summed E-state index contributed by atoms with van der Waals surface area (Å²) in [7, 11) is 4.00. The van der Waals surface area contributed by atoms with Crippen molar-refractivity contribution in [3.8, 4) is 23.0 Å². The van der Waals surface area contributed by atoms with Crippen LogP contribution >= 0.6 is 0 Å². The van der Waals surface area contributed by atoms with Crippen molar-refractivity contribution in [1.29, 1.82) is 0 Å². The maximum Gasteiger partial charge on any atom is 0.270 e. The lowest BCUT2D eigenvalue weighted by molar-refractivity contribution is -0.385. The number of anilines is 1. The monoisotopic (exact) mass is 778 g/mol. The number of carbonyl (C=O) groups excluding carboxylic acids is 1. The van der Waals surface area contributed by atoms with E-state index in [0.29, 0.717) is 72.6 Å². The topological polar surface area (TPSA) is 122 Å². The zero-order valence-electron chi connectivity index (χ0n) is 33.6. The number of nitro groups is 1. The van der Waals surface area contributed by atoms with Crippen molar-refractivity contribution >= 4 is 29.3 Å². The molecule has 1 fully saturated rings. The minimum atomic E-state index is -0.428. The van der Waals surface area contributed by atoms with Crippen LogP contribution in [0.15, 0.2) is 96.1 Å². The first-order valence-corrected chi connectivity index (χ1v) is 20.1. The second-order valence-electron chi connectivity index (χ2n) is 15.4. The molecule has 298 valence electrons. The average molecular weight is 779 g/mol. The van der Waals surface area contributed by atoms with Crippen molar-refractivity contribution in [2.75, 3.05) is 32.2 Å². The number of fused-ring (bicyclic) bond motifs is 8. The Bertz CT molecular complexity index is 2320. The standard InChI is InChI=1S/C49H50N2O7/c1-5-19-57-48-35-9-7-11-37(48)27-41-29-44(51(55)56)30-42(47(41)54)28-38-12-8-10-36(49(38)58-20-6-2)26-40-24-32(23-39(25-35)46(40)53)22-34-16-15-33(45(34)52)21-31-13-17-43(18-14-31)50(3)4/h7-14,17-18,21-24,29-30,53-54H,5-6,15-16,19-20,25-28H2,1-4H3/b33-21+,34-22-. The van der Waals surface area contributed by atoms with Gasteiger partial charge < -0.3 is 24.6 Å². The molecule has 0 aliphatic heterocycles. The van der Waals surface area contributed by atoms with E-state index in [1.807, 2.05) is 118 Å². The van der Waals surface area contributed by atoms with Crippen molar-refractivity contribution in [2.24, 2.45) is 0 Å². The molecule has 0 spiro atoms. The number of hydrogen-bond donors (Lipinski definition) is 2. The molecule has 0 heterocycles. The van der Waals surface area contributed by atoms with Crippen LogP contribution in [0.25, 0.3) is 12.2 Å². The van der Waals surface area contributed by atoms with Crippen LogP contribution in [0.1, 0.15) is 95.2 Å². The molecule has 9 nitrogen and oxygen atoms in total. The van der Waals surface area contributed by atoms with Gasteiger partial charge >= 0.3 is 0 Å². The molecular weight excluding hydrogens is 729 g/mol. The van der Waals surface area contributed by atoms with Crippen LogP contribution in [0.5, 0.6) is 23.0 Å². The van der Waals surface area contributed by atoms with Crippen molar-refractivity contribution in [3.05, 3.63) is 162 Å². The summed E-state index contributed by atoms with van der Waals surface area (Å²) >= 11 is 0. The van der Waals surface area contributed by atoms with E-state index >= 15 is 0 Å². The first-order valence-electron chi connectivity index (χ1n) is 20.1. The number of nitrogens with zero attached hydrogens (tertiary/aromatic N) is 2. The fourth-order valence-electron chi connectivity index (χ4n) is 7.94. The van der Waals surface area contributed by atoms with Gasteiger partial charge in [0.05, 0.1) is 18.1 Å². The molecule has 0 unspecified atom stereocenters. The van der Waals surface area contributed by atoms with Gasteiger partial charge in [0.1, 0.15) is 23.0 Å². The molecular formula is C49H50N2O7. The summed E-state index contributed by atoms with van der Waals surface area (Å²) in [5.41, 5.74) is 9.63. The normalized spacial score (nSPS) is 15.1. The summed E-state index contributed by atoms with van der Waals surface area (Å²) in [4.78, 5) is 27.7. The lowest BCUT2D eigenvalue weighted by atomic mass is 9.90. The van der Waals surface area contributed by atoms with Crippen molar-refractivity contribution in [3.63, 3.8) is 0 Å². The predicted octanol–water partition coefficient (Wildman–Crippen LogP) is 10.2. The molecule has 0 radical (unpaired) electrons. The Morgan fingerprint density at radius 2 is 1.05 bits per heavy atom. The number of rotatable bonds is 10. The van der Waals surface area contributed by atoms with E-state index in [2.05, 4.69) is 0 Å². The number of benzene rings is 5. The van der Waals surface area contributed by atoms with Gasteiger partial charge in [-0.2, -0.15) is 0 Å². The summed E-state index contributed by atoms with van der Waals surface area (Å²) < 4.78 is 12.8. The fraction of sp³-hybridized carbons (Fsp3) is 0.286. The highest BCUT2D eigenvalue weighted by Gasteiger charge is 2.25. The van der Waals surface area contributed by atoms with Gasteiger partial charge in [0.25, 0.3) is 5.69 Å². The molecule has 1 saturated carbocycles. The molecule has 0 amide bonds. The predicted molar refractivity (Wildman–Crippen MR) is 230 cm³/mol. The number of carbonyl (C=O) groups is 1. The minimum Gasteiger partial charge on any atom is -0.507 e. The molecule has 2 aliphatic carbocycles. The van der Waals surface area contributed by atoms with E-state index in [0.717, 1.165) is 63.1 Å². The molecule has 0 aromatic heterocycles. The Morgan fingerprint density at radius 3 is 1.45 bits per heavy atom. The third-order valence-electron chi connectivity index (χ3n) is 10.9.